The van der Waals surface area contributed by atoms with Crippen LogP contribution in [-0.4, -0.2) is 20.9 Å². The highest BCUT2D eigenvalue weighted by molar-refractivity contribution is 8.13. The Labute approximate surface area is 127 Å². The molecule has 0 heterocycles. The van der Waals surface area contributed by atoms with Crippen molar-refractivity contribution in [2.24, 2.45) is 11.8 Å². The van der Waals surface area contributed by atoms with Gasteiger partial charge in [-0.3, -0.25) is 4.79 Å². The minimum absolute atomic E-state index is 0.167. The molecular formula is C13H15Cl2NO3S. The van der Waals surface area contributed by atoms with E-state index >= 15 is 0 Å². The SMILES string of the molecule is Cc1c(Cl)cc(S(=O)(=O)Cl)cc1C(=O)NCC1CC1C. The predicted octanol–water partition coefficient (Wildman–Crippen LogP) is 2.96. The minimum Gasteiger partial charge on any atom is -0.352 e. The molecule has 0 aromatic heterocycles. The van der Waals surface area contributed by atoms with Crippen molar-refractivity contribution in [3.63, 3.8) is 0 Å². The van der Waals surface area contributed by atoms with Gasteiger partial charge in [0.1, 0.15) is 0 Å². The Hall–Kier alpha value is -0.780. The van der Waals surface area contributed by atoms with Crippen LogP contribution in [0.25, 0.3) is 0 Å². The Morgan fingerprint density at radius 1 is 1.45 bits per heavy atom. The first-order valence-corrected chi connectivity index (χ1v) is 8.92. The van der Waals surface area contributed by atoms with Gasteiger partial charge in [0.15, 0.2) is 0 Å². The van der Waals surface area contributed by atoms with Crippen molar-refractivity contribution in [3.8, 4) is 0 Å². The van der Waals surface area contributed by atoms with Crippen LogP contribution in [0.4, 0.5) is 0 Å². The number of benzene rings is 1. The average Bonchev–Trinajstić information content (AvgIpc) is 3.04. The zero-order valence-corrected chi connectivity index (χ0v) is 13.4. The van der Waals surface area contributed by atoms with Crippen LogP contribution in [0.2, 0.25) is 5.02 Å². The summed E-state index contributed by atoms with van der Waals surface area (Å²) in [6.07, 6.45) is 1.11. The van der Waals surface area contributed by atoms with Gasteiger partial charge in [0.25, 0.3) is 15.0 Å². The van der Waals surface area contributed by atoms with Crippen molar-refractivity contribution in [1.29, 1.82) is 0 Å². The lowest BCUT2D eigenvalue weighted by atomic mass is 10.1. The highest BCUT2D eigenvalue weighted by atomic mass is 35.7. The van der Waals surface area contributed by atoms with Crippen LogP contribution in [0.15, 0.2) is 17.0 Å². The minimum atomic E-state index is -3.92. The van der Waals surface area contributed by atoms with Gasteiger partial charge in [0, 0.05) is 27.8 Å². The molecule has 1 N–H and O–H groups in total. The molecule has 0 radical (unpaired) electrons. The molecule has 0 aliphatic heterocycles. The summed E-state index contributed by atoms with van der Waals surface area (Å²) in [5.74, 6) is 0.815. The topological polar surface area (TPSA) is 63.2 Å². The Kier molecular flexibility index (Phi) is 4.33. The molecule has 1 amide bonds. The molecule has 7 heteroatoms. The van der Waals surface area contributed by atoms with Gasteiger partial charge >= 0.3 is 0 Å². The molecule has 1 aromatic carbocycles. The summed E-state index contributed by atoms with van der Waals surface area (Å²) >= 11 is 5.96. The number of hydrogen-bond donors (Lipinski definition) is 1. The summed E-state index contributed by atoms with van der Waals surface area (Å²) in [7, 11) is 1.38. The first-order chi connectivity index (χ1) is 9.20. The maximum Gasteiger partial charge on any atom is 0.261 e. The molecule has 1 aliphatic carbocycles. The maximum absolute atomic E-state index is 12.1. The van der Waals surface area contributed by atoms with Crippen molar-refractivity contribution in [3.05, 3.63) is 28.3 Å². The third-order valence-corrected chi connectivity index (χ3v) is 5.37. The smallest absolute Gasteiger partial charge is 0.261 e. The normalized spacial score (nSPS) is 21.6. The average molecular weight is 336 g/mol. The van der Waals surface area contributed by atoms with Crippen LogP contribution in [-0.2, 0) is 9.05 Å². The van der Waals surface area contributed by atoms with Crippen molar-refractivity contribution >= 4 is 37.2 Å². The van der Waals surface area contributed by atoms with Crippen LogP contribution in [0, 0.1) is 18.8 Å². The molecule has 2 unspecified atom stereocenters. The van der Waals surface area contributed by atoms with E-state index in [1.165, 1.54) is 12.1 Å². The largest absolute Gasteiger partial charge is 0.352 e. The fourth-order valence-corrected chi connectivity index (χ4v) is 3.10. The molecule has 1 aromatic rings. The van der Waals surface area contributed by atoms with Gasteiger partial charge in [0.2, 0.25) is 0 Å². The van der Waals surface area contributed by atoms with Gasteiger partial charge in [-0.25, -0.2) is 8.42 Å². The fraction of sp³-hybridized carbons (Fsp3) is 0.462. The van der Waals surface area contributed by atoms with Crippen molar-refractivity contribution in [2.45, 2.75) is 25.2 Å². The summed E-state index contributed by atoms with van der Waals surface area (Å²) < 4.78 is 22.7. The van der Waals surface area contributed by atoms with Gasteiger partial charge in [-0.2, -0.15) is 0 Å². The van der Waals surface area contributed by atoms with Crippen LogP contribution >= 0.6 is 22.3 Å². The van der Waals surface area contributed by atoms with E-state index in [0.717, 1.165) is 6.42 Å². The summed E-state index contributed by atoms with van der Waals surface area (Å²) in [4.78, 5) is 12.0. The number of amides is 1. The quantitative estimate of drug-likeness (QED) is 0.860. The first-order valence-electron chi connectivity index (χ1n) is 6.23. The third kappa shape index (κ3) is 3.45. The third-order valence-electron chi connectivity index (χ3n) is 3.64. The van der Waals surface area contributed by atoms with Crippen LogP contribution in [0.1, 0.15) is 29.3 Å². The Bertz CT molecular complexity index is 658. The Balaban J connectivity index is 2.25. The Morgan fingerprint density at radius 2 is 2.05 bits per heavy atom. The molecule has 1 aliphatic rings. The van der Waals surface area contributed by atoms with Crippen LogP contribution < -0.4 is 5.32 Å². The van der Waals surface area contributed by atoms with E-state index in [0.29, 0.717) is 23.9 Å². The van der Waals surface area contributed by atoms with Crippen molar-refractivity contribution in [1.82, 2.24) is 5.32 Å². The maximum atomic E-state index is 12.1. The van der Waals surface area contributed by atoms with E-state index < -0.39 is 9.05 Å². The van der Waals surface area contributed by atoms with Gasteiger partial charge in [-0.15, -0.1) is 0 Å². The van der Waals surface area contributed by atoms with Gasteiger partial charge in [0.05, 0.1) is 4.90 Å². The zero-order chi connectivity index (χ0) is 15.1. The molecule has 110 valence electrons. The van der Waals surface area contributed by atoms with E-state index in [2.05, 4.69) is 12.2 Å². The van der Waals surface area contributed by atoms with Crippen molar-refractivity contribution in [2.75, 3.05) is 6.54 Å². The molecule has 0 saturated heterocycles. The zero-order valence-electron chi connectivity index (χ0n) is 11.1. The van der Waals surface area contributed by atoms with Gasteiger partial charge in [-0.1, -0.05) is 18.5 Å². The molecule has 1 fully saturated rings. The molecule has 0 spiro atoms. The second kappa shape index (κ2) is 5.54. The summed E-state index contributed by atoms with van der Waals surface area (Å²) in [5.41, 5.74) is 0.780. The number of hydrogen-bond acceptors (Lipinski definition) is 3. The lowest BCUT2D eigenvalue weighted by molar-refractivity contribution is 0.0950. The van der Waals surface area contributed by atoms with Gasteiger partial charge in [-0.05, 0) is 42.9 Å². The van der Waals surface area contributed by atoms with E-state index in [4.69, 9.17) is 22.3 Å². The molecule has 1 saturated carbocycles. The monoisotopic (exact) mass is 335 g/mol. The first kappa shape index (κ1) is 15.6. The number of nitrogens with one attached hydrogen (secondary N) is 1. The second-order valence-corrected chi connectivity index (χ2v) is 8.17. The Morgan fingerprint density at radius 3 is 2.55 bits per heavy atom. The lowest BCUT2D eigenvalue weighted by Gasteiger charge is -2.10. The summed E-state index contributed by atoms with van der Waals surface area (Å²) in [6.45, 7) is 4.39. The highest BCUT2D eigenvalue weighted by Crippen LogP contribution is 2.36. The molecular weight excluding hydrogens is 321 g/mol. The van der Waals surface area contributed by atoms with E-state index in [9.17, 15) is 13.2 Å². The number of carbonyl (C=O) groups is 1. The van der Waals surface area contributed by atoms with Crippen LogP contribution in [0.5, 0.6) is 0 Å². The van der Waals surface area contributed by atoms with E-state index in [1.807, 2.05) is 0 Å². The second-order valence-electron chi connectivity index (χ2n) is 5.20. The summed E-state index contributed by atoms with van der Waals surface area (Å²) in [6, 6.07) is 2.51. The standard InChI is InChI=1S/C13H15Cl2NO3S/c1-7-3-9(7)6-16-13(17)11-4-10(20(15,18)19)5-12(14)8(11)2/h4-5,7,9H,3,6H2,1-2H3,(H,16,17). The molecule has 0 bridgehead atoms. The fourth-order valence-electron chi connectivity index (χ4n) is 2.03. The van der Waals surface area contributed by atoms with Gasteiger partial charge < -0.3 is 5.32 Å². The van der Waals surface area contributed by atoms with E-state index in [-0.39, 0.29) is 21.4 Å². The number of halogens is 2. The summed E-state index contributed by atoms with van der Waals surface area (Å²) in [5, 5.41) is 3.01. The molecule has 2 atom stereocenters. The molecule has 2 rings (SSSR count). The predicted molar refractivity (Wildman–Crippen MR) is 78.8 cm³/mol. The van der Waals surface area contributed by atoms with Crippen LogP contribution in [0.3, 0.4) is 0 Å². The van der Waals surface area contributed by atoms with Crippen molar-refractivity contribution < 1.29 is 13.2 Å². The highest BCUT2D eigenvalue weighted by Gasteiger charge is 2.32. The lowest BCUT2D eigenvalue weighted by Crippen LogP contribution is -2.26. The van der Waals surface area contributed by atoms with E-state index in [1.54, 1.807) is 6.92 Å². The number of rotatable bonds is 4. The molecule has 20 heavy (non-hydrogen) atoms. The molecule has 4 nitrogen and oxygen atoms in total. The number of carbonyl (C=O) groups excluding carboxylic acids is 1.